The fourth-order valence-corrected chi connectivity index (χ4v) is 1.96. The van der Waals surface area contributed by atoms with Crippen LogP contribution in [0.4, 0.5) is 10.1 Å². The molecule has 0 aliphatic carbocycles. The van der Waals surface area contributed by atoms with Gasteiger partial charge in [-0.15, -0.1) is 0 Å². The lowest BCUT2D eigenvalue weighted by molar-refractivity contribution is 0.122. The molecule has 1 fully saturated rings. The maximum absolute atomic E-state index is 13.8. The van der Waals surface area contributed by atoms with Crippen molar-refractivity contribution in [2.45, 2.75) is 6.04 Å². The largest absolute Gasteiger partial charge is 0.378 e. The molecule has 1 aromatic rings. The normalized spacial score (nSPS) is 18.2. The molecule has 1 saturated heterocycles. The van der Waals surface area contributed by atoms with Crippen LogP contribution >= 0.6 is 0 Å². The average Bonchev–Trinajstić information content (AvgIpc) is 2.39. The second-order valence-corrected chi connectivity index (χ2v) is 4.15. The molecule has 1 aliphatic heterocycles. The summed E-state index contributed by atoms with van der Waals surface area (Å²) in [6.45, 7) is 3.20. The molecule has 5 heteroatoms. The van der Waals surface area contributed by atoms with Crippen LogP contribution in [0.3, 0.4) is 0 Å². The first kappa shape index (κ1) is 12.3. The maximum Gasteiger partial charge on any atom is 0.130 e. The predicted octanol–water partition coefficient (Wildman–Crippen LogP) is 0.621. The molecule has 94 valence electrons. The summed E-state index contributed by atoms with van der Waals surface area (Å²) in [5.74, 6) is -0.285. The van der Waals surface area contributed by atoms with Crippen LogP contribution in [-0.2, 0) is 4.74 Å². The Kier molecular flexibility index (Phi) is 3.93. The first-order valence-corrected chi connectivity index (χ1v) is 5.80. The Morgan fingerprint density at radius 3 is 2.65 bits per heavy atom. The van der Waals surface area contributed by atoms with Gasteiger partial charge in [-0.2, -0.15) is 0 Å². The molecule has 1 atom stereocenters. The summed E-state index contributed by atoms with van der Waals surface area (Å²) in [5, 5.41) is 0. The van der Waals surface area contributed by atoms with Gasteiger partial charge in [0.15, 0.2) is 0 Å². The van der Waals surface area contributed by atoms with E-state index in [0.29, 0.717) is 18.8 Å². The highest BCUT2D eigenvalue weighted by molar-refractivity contribution is 5.49. The lowest BCUT2D eigenvalue weighted by Gasteiger charge is -2.29. The van der Waals surface area contributed by atoms with Crippen molar-refractivity contribution in [2.24, 2.45) is 11.5 Å². The number of rotatable bonds is 3. The first-order chi connectivity index (χ1) is 8.22. The van der Waals surface area contributed by atoms with E-state index in [1.54, 1.807) is 6.07 Å². The number of hydrogen-bond acceptors (Lipinski definition) is 4. The van der Waals surface area contributed by atoms with Crippen molar-refractivity contribution < 1.29 is 9.13 Å². The van der Waals surface area contributed by atoms with Gasteiger partial charge in [0.25, 0.3) is 0 Å². The minimum Gasteiger partial charge on any atom is -0.378 e. The molecule has 4 N–H and O–H groups in total. The van der Waals surface area contributed by atoms with Crippen LogP contribution in [0.25, 0.3) is 0 Å². The summed E-state index contributed by atoms with van der Waals surface area (Å²) in [4.78, 5) is 2.10. The summed E-state index contributed by atoms with van der Waals surface area (Å²) in [5.41, 5.74) is 12.5. The van der Waals surface area contributed by atoms with E-state index < -0.39 is 6.04 Å². The molecule has 4 nitrogen and oxygen atoms in total. The lowest BCUT2D eigenvalue weighted by Crippen LogP contribution is -2.36. The van der Waals surface area contributed by atoms with E-state index in [2.05, 4.69) is 4.90 Å². The number of nitrogens with two attached hydrogens (primary N) is 2. The van der Waals surface area contributed by atoms with Crippen LogP contribution in [0.5, 0.6) is 0 Å². The Labute approximate surface area is 100 Å². The van der Waals surface area contributed by atoms with E-state index in [9.17, 15) is 4.39 Å². The number of benzene rings is 1. The molecular formula is C12H18FN3O. The van der Waals surface area contributed by atoms with Crippen LogP contribution in [0, 0.1) is 5.82 Å². The van der Waals surface area contributed by atoms with Crippen molar-refractivity contribution in [1.82, 2.24) is 0 Å². The summed E-state index contributed by atoms with van der Waals surface area (Å²) in [6, 6.07) is 4.70. The van der Waals surface area contributed by atoms with Crippen molar-refractivity contribution in [1.29, 1.82) is 0 Å². The van der Waals surface area contributed by atoms with Crippen molar-refractivity contribution in [3.05, 3.63) is 29.6 Å². The molecule has 0 aromatic heterocycles. The number of anilines is 1. The summed E-state index contributed by atoms with van der Waals surface area (Å²) in [6.07, 6.45) is 0. The zero-order chi connectivity index (χ0) is 12.3. The molecule has 0 bridgehead atoms. The third-order valence-corrected chi connectivity index (χ3v) is 3.01. The van der Waals surface area contributed by atoms with Crippen LogP contribution in [0.1, 0.15) is 11.6 Å². The molecular weight excluding hydrogens is 221 g/mol. The van der Waals surface area contributed by atoms with Crippen LogP contribution in [0.15, 0.2) is 18.2 Å². The van der Waals surface area contributed by atoms with Gasteiger partial charge in [0, 0.05) is 36.9 Å². The standard InChI is InChI=1S/C12H18FN3O/c13-11-7-9(16-3-5-17-6-4-16)1-2-10(11)12(15)8-14/h1-2,7,12H,3-6,8,14-15H2. The van der Waals surface area contributed by atoms with Gasteiger partial charge < -0.3 is 21.1 Å². The quantitative estimate of drug-likeness (QED) is 0.811. The Morgan fingerprint density at radius 1 is 1.35 bits per heavy atom. The second kappa shape index (κ2) is 5.44. The van der Waals surface area contributed by atoms with Crippen molar-refractivity contribution in [2.75, 3.05) is 37.7 Å². The van der Waals surface area contributed by atoms with E-state index in [-0.39, 0.29) is 12.4 Å². The highest BCUT2D eigenvalue weighted by atomic mass is 19.1. The molecule has 0 saturated carbocycles. The van der Waals surface area contributed by atoms with Gasteiger partial charge in [-0.3, -0.25) is 0 Å². The summed E-state index contributed by atoms with van der Waals surface area (Å²) < 4.78 is 19.1. The van der Waals surface area contributed by atoms with Gasteiger partial charge in [0.2, 0.25) is 0 Å². The van der Waals surface area contributed by atoms with Crippen molar-refractivity contribution >= 4 is 5.69 Å². The highest BCUT2D eigenvalue weighted by Crippen LogP contribution is 2.22. The van der Waals surface area contributed by atoms with E-state index >= 15 is 0 Å². The molecule has 0 radical (unpaired) electrons. The lowest BCUT2D eigenvalue weighted by atomic mass is 10.1. The van der Waals surface area contributed by atoms with Crippen LogP contribution < -0.4 is 16.4 Å². The Bertz CT molecular complexity index is 380. The van der Waals surface area contributed by atoms with Crippen molar-refractivity contribution in [3.63, 3.8) is 0 Å². The Balaban J connectivity index is 2.17. The van der Waals surface area contributed by atoms with Gasteiger partial charge in [-0.25, -0.2) is 4.39 Å². The molecule has 1 aliphatic rings. The fraction of sp³-hybridized carbons (Fsp3) is 0.500. The molecule has 1 heterocycles. The number of halogens is 1. The molecule has 0 spiro atoms. The first-order valence-electron chi connectivity index (χ1n) is 5.80. The van der Waals surface area contributed by atoms with E-state index in [4.69, 9.17) is 16.2 Å². The topological polar surface area (TPSA) is 64.5 Å². The van der Waals surface area contributed by atoms with Gasteiger partial charge in [-0.1, -0.05) is 6.07 Å². The van der Waals surface area contributed by atoms with Crippen molar-refractivity contribution in [3.8, 4) is 0 Å². The Hall–Kier alpha value is -1.17. The molecule has 0 amide bonds. The minimum atomic E-state index is -0.436. The molecule has 1 unspecified atom stereocenters. The Morgan fingerprint density at radius 2 is 2.06 bits per heavy atom. The number of morpholine rings is 1. The summed E-state index contributed by atoms with van der Waals surface area (Å²) >= 11 is 0. The fourth-order valence-electron chi connectivity index (χ4n) is 1.96. The van der Waals surface area contributed by atoms with Crippen LogP contribution in [-0.4, -0.2) is 32.8 Å². The number of hydrogen-bond donors (Lipinski definition) is 2. The predicted molar refractivity (Wildman–Crippen MR) is 65.4 cm³/mol. The second-order valence-electron chi connectivity index (χ2n) is 4.15. The SMILES string of the molecule is NCC(N)c1ccc(N2CCOCC2)cc1F. The van der Waals surface area contributed by atoms with Gasteiger partial charge in [-0.05, 0) is 12.1 Å². The number of ether oxygens (including phenoxy) is 1. The smallest absolute Gasteiger partial charge is 0.130 e. The van der Waals surface area contributed by atoms with Crippen LogP contribution in [0.2, 0.25) is 0 Å². The van der Waals surface area contributed by atoms with Gasteiger partial charge >= 0.3 is 0 Å². The third-order valence-electron chi connectivity index (χ3n) is 3.01. The molecule has 17 heavy (non-hydrogen) atoms. The third kappa shape index (κ3) is 2.74. The van der Waals surface area contributed by atoms with E-state index in [0.717, 1.165) is 18.8 Å². The zero-order valence-electron chi connectivity index (χ0n) is 9.73. The highest BCUT2D eigenvalue weighted by Gasteiger charge is 2.15. The molecule has 1 aromatic carbocycles. The average molecular weight is 239 g/mol. The van der Waals surface area contributed by atoms with E-state index in [1.165, 1.54) is 6.07 Å². The zero-order valence-corrected chi connectivity index (χ0v) is 9.73. The summed E-state index contributed by atoms with van der Waals surface area (Å²) in [7, 11) is 0. The maximum atomic E-state index is 13.8. The van der Waals surface area contributed by atoms with Gasteiger partial charge in [0.1, 0.15) is 5.82 Å². The number of nitrogens with zero attached hydrogens (tertiary/aromatic N) is 1. The van der Waals surface area contributed by atoms with E-state index in [1.807, 2.05) is 6.07 Å². The minimum absolute atomic E-state index is 0.244. The molecule has 2 rings (SSSR count). The monoisotopic (exact) mass is 239 g/mol. The van der Waals surface area contributed by atoms with Gasteiger partial charge in [0.05, 0.1) is 13.2 Å².